The zero-order valence-electron chi connectivity index (χ0n) is 10.5. The lowest BCUT2D eigenvalue weighted by molar-refractivity contribution is 0.453. The summed E-state index contributed by atoms with van der Waals surface area (Å²) in [6.45, 7) is 4.04. The number of hydrogen-bond acceptors (Lipinski definition) is 3. The molecule has 0 spiro atoms. The van der Waals surface area contributed by atoms with Crippen LogP contribution < -0.4 is 10.9 Å². The summed E-state index contributed by atoms with van der Waals surface area (Å²) in [6.07, 6.45) is 3.93. The van der Waals surface area contributed by atoms with E-state index in [-0.39, 0.29) is 5.56 Å². The summed E-state index contributed by atoms with van der Waals surface area (Å²) in [5, 5.41) is 3.33. The van der Waals surface area contributed by atoms with E-state index in [9.17, 15) is 4.79 Å². The van der Waals surface area contributed by atoms with Crippen LogP contribution in [0.3, 0.4) is 0 Å². The Bertz CT molecular complexity index is 626. The highest BCUT2D eigenvalue weighted by Crippen LogP contribution is 2.22. The van der Waals surface area contributed by atoms with Crippen LogP contribution in [0.15, 0.2) is 29.2 Å². The Kier molecular flexibility index (Phi) is 2.88. The highest BCUT2D eigenvalue weighted by atomic mass is 16.1. The van der Waals surface area contributed by atoms with Gasteiger partial charge in [0.25, 0.3) is 5.56 Å². The van der Waals surface area contributed by atoms with Gasteiger partial charge >= 0.3 is 0 Å². The van der Waals surface area contributed by atoms with Gasteiger partial charge in [0.1, 0.15) is 5.65 Å². The van der Waals surface area contributed by atoms with E-state index >= 15 is 0 Å². The Labute approximate surface area is 106 Å². The molecule has 2 aromatic rings. The molecule has 0 bridgehead atoms. The van der Waals surface area contributed by atoms with Crippen LogP contribution in [-0.2, 0) is 0 Å². The minimum absolute atomic E-state index is 0.0218. The molecule has 2 aromatic heterocycles. The fraction of sp³-hybridized carbons (Fsp3) is 0.429. The highest BCUT2D eigenvalue weighted by molar-refractivity contribution is 5.41. The molecule has 3 heterocycles. The van der Waals surface area contributed by atoms with E-state index in [0.29, 0.717) is 5.92 Å². The maximum absolute atomic E-state index is 12.1. The van der Waals surface area contributed by atoms with Crippen molar-refractivity contribution in [1.29, 1.82) is 0 Å². The molecule has 0 saturated carbocycles. The summed E-state index contributed by atoms with van der Waals surface area (Å²) >= 11 is 0. The number of pyridine rings is 1. The quantitative estimate of drug-likeness (QED) is 0.825. The van der Waals surface area contributed by atoms with Gasteiger partial charge < -0.3 is 5.32 Å². The molecule has 1 saturated heterocycles. The number of piperidine rings is 1. The van der Waals surface area contributed by atoms with E-state index in [2.05, 4.69) is 10.3 Å². The normalized spacial score (nSPS) is 17.2. The zero-order valence-corrected chi connectivity index (χ0v) is 10.5. The van der Waals surface area contributed by atoms with Crippen molar-refractivity contribution in [3.8, 4) is 0 Å². The van der Waals surface area contributed by atoms with E-state index in [1.54, 1.807) is 16.7 Å². The largest absolute Gasteiger partial charge is 0.317 e. The Hall–Kier alpha value is -1.68. The van der Waals surface area contributed by atoms with Gasteiger partial charge in [-0.05, 0) is 50.6 Å². The average molecular weight is 243 g/mol. The van der Waals surface area contributed by atoms with Crippen molar-refractivity contribution in [2.24, 2.45) is 0 Å². The Morgan fingerprint density at radius 1 is 1.33 bits per heavy atom. The first-order valence-corrected chi connectivity index (χ1v) is 6.45. The molecule has 1 N–H and O–H groups in total. The van der Waals surface area contributed by atoms with Gasteiger partial charge in [0.15, 0.2) is 0 Å². The van der Waals surface area contributed by atoms with Crippen LogP contribution in [0.4, 0.5) is 0 Å². The molecular weight excluding hydrogens is 226 g/mol. The third kappa shape index (κ3) is 2.04. The number of fused-ring (bicyclic) bond motifs is 1. The fourth-order valence-corrected chi connectivity index (χ4v) is 2.55. The molecule has 0 atom stereocenters. The number of aromatic nitrogens is 2. The summed E-state index contributed by atoms with van der Waals surface area (Å²) in [4.78, 5) is 16.7. The lowest BCUT2D eigenvalue weighted by Gasteiger charge is -2.22. The second-order valence-electron chi connectivity index (χ2n) is 4.98. The lowest BCUT2D eigenvalue weighted by atomic mass is 9.94. The van der Waals surface area contributed by atoms with Crippen LogP contribution in [0.1, 0.15) is 30.0 Å². The van der Waals surface area contributed by atoms with Gasteiger partial charge in [-0.2, -0.15) is 0 Å². The van der Waals surface area contributed by atoms with Crippen LogP contribution >= 0.6 is 0 Å². The van der Waals surface area contributed by atoms with Gasteiger partial charge in [0, 0.05) is 18.2 Å². The summed E-state index contributed by atoms with van der Waals surface area (Å²) in [5.74, 6) is 0.421. The molecule has 1 aliphatic heterocycles. The molecule has 1 aliphatic rings. The second kappa shape index (κ2) is 4.53. The maximum Gasteiger partial charge on any atom is 0.258 e. The maximum atomic E-state index is 12.1. The van der Waals surface area contributed by atoms with Crippen LogP contribution in [0, 0.1) is 6.92 Å². The SMILES string of the molecule is Cc1ccn2c(=O)cc(C3CCNCC3)nc2c1. The summed E-state index contributed by atoms with van der Waals surface area (Å²) < 4.78 is 1.61. The van der Waals surface area contributed by atoms with Crippen molar-refractivity contribution in [3.63, 3.8) is 0 Å². The van der Waals surface area contributed by atoms with Gasteiger partial charge in [-0.3, -0.25) is 9.20 Å². The van der Waals surface area contributed by atoms with E-state index in [1.165, 1.54) is 0 Å². The van der Waals surface area contributed by atoms with E-state index in [1.807, 2.05) is 19.1 Å². The standard InChI is InChI=1S/C14H17N3O/c1-10-4-7-17-13(8-10)16-12(9-14(17)18)11-2-5-15-6-3-11/h4,7-9,11,15H,2-3,5-6H2,1H3. The Morgan fingerprint density at radius 2 is 2.11 bits per heavy atom. The van der Waals surface area contributed by atoms with Gasteiger partial charge in [0.05, 0.1) is 5.69 Å². The molecule has 94 valence electrons. The summed E-state index contributed by atoms with van der Waals surface area (Å²) in [5.41, 5.74) is 2.86. The predicted octanol–water partition coefficient (Wildman–Crippen LogP) is 1.47. The third-order valence-corrected chi connectivity index (χ3v) is 3.60. The minimum Gasteiger partial charge on any atom is -0.317 e. The number of nitrogens with one attached hydrogen (secondary N) is 1. The van der Waals surface area contributed by atoms with Crippen LogP contribution in [0.2, 0.25) is 0 Å². The predicted molar refractivity (Wildman–Crippen MR) is 71.0 cm³/mol. The topological polar surface area (TPSA) is 46.4 Å². The minimum atomic E-state index is 0.0218. The first-order valence-electron chi connectivity index (χ1n) is 6.45. The lowest BCUT2D eigenvalue weighted by Crippen LogP contribution is -2.28. The van der Waals surface area contributed by atoms with Gasteiger partial charge in [0.2, 0.25) is 0 Å². The van der Waals surface area contributed by atoms with Crippen molar-refractivity contribution < 1.29 is 0 Å². The monoisotopic (exact) mass is 243 g/mol. The van der Waals surface area contributed by atoms with Crippen molar-refractivity contribution >= 4 is 5.65 Å². The molecule has 0 aromatic carbocycles. The van der Waals surface area contributed by atoms with E-state index < -0.39 is 0 Å². The zero-order chi connectivity index (χ0) is 12.5. The van der Waals surface area contributed by atoms with Gasteiger partial charge in [-0.1, -0.05) is 0 Å². The highest BCUT2D eigenvalue weighted by Gasteiger charge is 2.17. The smallest absolute Gasteiger partial charge is 0.258 e. The van der Waals surface area contributed by atoms with Crippen molar-refractivity contribution in [3.05, 3.63) is 46.0 Å². The molecular formula is C14H17N3O. The number of hydrogen-bond donors (Lipinski definition) is 1. The van der Waals surface area contributed by atoms with Crippen LogP contribution in [0.5, 0.6) is 0 Å². The summed E-state index contributed by atoms with van der Waals surface area (Å²) in [6, 6.07) is 5.59. The molecule has 1 fully saturated rings. The third-order valence-electron chi connectivity index (χ3n) is 3.60. The molecule has 3 rings (SSSR count). The number of aryl methyl sites for hydroxylation is 1. The number of rotatable bonds is 1. The Balaban J connectivity index is 2.10. The average Bonchev–Trinajstić information content (AvgIpc) is 2.39. The first kappa shape index (κ1) is 11.4. The van der Waals surface area contributed by atoms with Crippen LogP contribution in [0.25, 0.3) is 5.65 Å². The fourth-order valence-electron chi connectivity index (χ4n) is 2.55. The summed E-state index contributed by atoms with van der Waals surface area (Å²) in [7, 11) is 0. The molecule has 4 nitrogen and oxygen atoms in total. The number of nitrogens with zero attached hydrogens (tertiary/aromatic N) is 2. The van der Waals surface area contributed by atoms with Gasteiger partial charge in [-0.25, -0.2) is 4.98 Å². The van der Waals surface area contributed by atoms with Crippen molar-refractivity contribution in [2.75, 3.05) is 13.1 Å². The van der Waals surface area contributed by atoms with Crippen molar-refractivity contribution in [1.82, 2.24) is 14.7 Å². The van der Waals surface area contributed by atoms with E-state index in [4.69, 9.17) is 0 Å². The molecule has 18 heavy (non-hydrogen) atoms. The van der Waals surface area contributed by atoms with Crippen molar-refractivity contribution in [2.45, 2.75) is 25.7 Å². The van der Waals surface area contributed by atoms with Gasteiger partial charge in [-0.15, -0.1) is 0 Å². The molecule has 4 heteroatoms. The molecule has 0 radical (unpaired) electrons. The van der Waals surface area contributed by atoms with Crippen LogP contribution in [-0.4, -0.2) is 22.5 Å². The molecule has 0 unspecified atom stereocenters. The first-order chi connectivity index (χ1) is 8.74. The molecule has 0 amide bonds. The second-order valence-corrected chi connectivity index (χ2v) is 4.98. The molecule has 0 aliphatic carbocycles. The van der Waals surface area contributed by atoms with E-state index in [0.717, 1.165) is 42.8 Å². The Morgan fingerprint density at radius 3 is 2.89 bits per heavy atom.